The zero-order valence-corrected chi connectivity index (χ0v) is 12.1. The Labute approximate surface area is 112 Å². The molecule has 0 amide bonds. The van der Waals surface area contributed by atoms with Crippen LogP contribution in [0.15, 0.2) is 48.2 Å². The van der Waals surface area contributed by atoms with Crippen molar-refractivity contribution in [2.24, 2.45) is 5.92 Å². The molecule has 0 saturated carbocycles. The Morgan fingerprint density at radius 3 is 2.33 bits per heavy atom. The molecule has 0 saturated heterocycles. The third-order valence-electron chi connectivity index (χ3n) is 3.19. The van der Waals surface area contributed by atoms with Gasteiger partial charge < -0.3 is 5.32 Å². The van der Waals surface area contributed by atoms with Gasteiger partial charge in [-0.3, -0.25) is 0 Å². The van der Waals surface area contributed by atoms with Crippen LogP contribution in [0.5, 0.6) is 0 Å². The van der Waals surface area contributed by atoms with Gasteiger partial charge in [-0.15, -0.1) is 0 Å². The highest BCUT2D eigenvalue weighted by Crippen LogP contribution is 2.16. The van der Waals surface area contributed by atoms with E-state index in [9.17, 15) is 0 Å². The summed E-state index contributed by atoms with van der Waals surface area (Å²) >= 11 is 0. The van der Waals surface area contributed by atoms with Crippen molar-refractivity contribution >= 4 is 5.69 Å². The Bertz CT molecular complexity index is 410. The molecule has 1 heteroatoms. The van der Waals surface area contributed by atoms with Gasteiger partial charge in [-0.2, -0.15) is 0 Å². The normalized spacial score (nSPS) is 12.3. The molecular formula is C17H25N. The largest absolute Gasteiger partial charge is 0.359 e. The van der Waals surface area contributed by atoms with Crippen molar-refractivity contribution < 1.29 is 0 Å². The average molecular weight is 243 g/mol. The maximum absolute atomic E-state index is 3.78. The first kappa shape index (κ1) is 14.6. The molecule has 0 heterocycles. The molecule has 18 heavy (non-hydrogen) atoms. The van der Waals surface area contributed by atoms with Crippen molar-refractivity contribution in [2.45, 2.75) is 40.5 Å². The molecule has 0 bridgehead atoms. The second kappa shape index (κ2) is 7.05. The molecule has 1 aromatic carbocycles. The molecule has 0 aliphatic rings. The molecule has 0 fully saturated rings. The molecule has 1 nitrogen and oxygen atoms in total. The standard InChI is InChI=1S/C17H25N/c1-6-14(4)15(5)18-17-11-9-16(10-12-17)8-7-13(2)3/h6,9-13,18H,1,7-8H2,2-5H3/b15-14-. The van der Waals surface area contributed by atoms with E-state index in [-0.39, 0.29) is 0 Å². The van der Waals surface area contributed by atoms with E-state index < -0.39 is 0 Å². The van der Waals surface area contributed by atoms with Crippen molar-refractivity contribution in [1.82, 2.24) is 0 Å². The summed E-state index contributed by atoms with van der Waals surface area (Å²) in [6.45, 7) is 12.4. The first-order valence-electron chi connectivity index (χ1n) is 6.68. The predicted molar refractivity (Wildman–Crippen MR) is 81.8 cm³/mol. The van der Waals surface area contributed by atoms with E-state index >= 15 is 0 Å². The lowest BCUT2D eigenvalue weighted by atomic mass is 10.0. The van der Waals surface area contributed by atoms with Crippen molar-refractivity contribution in [3.05, 3.63) is 53.8 Å². The van der Waals surface area contributed by atoms with Crippen LogP contribution in [0.4, 0.5) is 5.69 Å². The Kier molecular flexibility index (Phi) is 5.70. The van der Waals surface area contributed by atoms with Gasteiger partial charge in [0, 0.05) is 11.4 Å². The van der Waals surface area contributed by atoms with Crippen molar-refractivity contribution in [3.63, 3.8) is 0 Å². The Morgan fingerprint density at radius 2 is 1.83 bits per heavy atom. The van der Waals surface area contributed by atoms with Crippen LogP contribution < -0.4 is 5.32 Å². The van der Waals surface area contributed by atoms with E-state index in [0.717, 1.165) is 17.3 Å². The molecular weight excluding hydrogens is 218 g/mol. The maximum Gasteiger partial charge on any atom is 0.0381 e. The number of allylic oxidation sites excluding steroid dienone is 3. The third-order valence-corrected chi connectivity index (χ3v) is 3.19. The summed E-state index contributed by atoms with van der Waals surface area (Å²) in [6, 6.07) is 8.72. The Hall–Kier alpha value is -1.50. The van der Waals surface area contributed by atoms with Gasteiger partial charge in [-0.25, -0.2) is 0 Å². The van der Waals surface area contributed by atoms with E-state index in [2.05, 4.69) is 63.9 Å². The number of aryl methyl sites for hydroxylation is 1. The monoisotopic (exact) mass is 243 g/mol. The Morgan fingerprint density at radius 1 is 1.22 bits per heavy atom. The van der Waals surface area contributed by atoms with Gasteiger partial charge in [0.15, 0.2) is 0 Å². The zero-order valence-electron chi connectivity index (χ0n) is 12.1. The van der Waals surface area contributed by atoms with Crippen LogP contribution >= 0.6 is 0 Å². The molecule has 0 radical (unpaired) electrons. The molecule has 98 valence electrons. The lowest BCUT2D eigenvalue weighted by Gasteiger charge is -2.10. The van der Waals surface area contributed by atoms with Crippen LogP contribution in [0.1, 0.15) is 39.7 Å². The lowest BCUT2D eigenvalue weighted by molar-refractivity contribution is 0.587. The molecule has 1 rings (SSSR count). The van der Waals surface area contributed by atoms with Gasteiger partial charge in [-0.1, -0.05) is 38.6 Å². The highest BCUT2D eigenvalue weighted by Gasteiger charge is 1.99. The van der Waals surface area contributed by atoms with Gasteiger partial charge >= 0.3 is 0 Å². The highest BCUT2D eigenvalue weighted by atomic mass is 14.9. The van der Waals surface area contributed by atoms with Gasteiger partial charge in [0.05, 0.1) is 0 Å². The number of benzene rings is 1. The first-order valence-corrected chi connectivity index (χ1v) is 6.68. The fourth-order valence-electron chi connectivity index (χ4n) is 1.68. The number of rotatable bonds is 6. The molecule has 0 unspecified atom stereocenters. The smallest absolute Gasteiger partial charge is 0.0381 e. The summed E-state index contributed by atoms with van der Waals surface area (Å²) in [5.41, 5.74) is 4.89. The van der Waals surface area contributed by atoms with E-state index in [0.29, 0.717) is 0 Å². The summed E-state index contributed by atoms with van der Waals surface area (Å²) in [6.07, 6.45) is 4.29. The second-order valence-corrected chi connectivity index (χ2v) is 5.27. The minimum absolute atomic E-state index is 0.767. The zero-order chi connectivity index (χ0) is 13.5. The summed E-state index contributed by atoms with van der Waals surface area (Å²) in [7, 11) is 0. The summed E-state index contributed by atoms with van der Waals surface area (Å²) < 4.78 is 0. The topological polar surface area (TPSA) is 12.0 Å². The van der Waals surface area contributed by atoms with Crippen LogP contribution in [0.3, 0.4) is 0 Å². The van der Waals surface area contributed by atoms with Crippen molar-refractivity contribution in [2.75, 3.05) is 5.32 Å². The second-order valence-electron chi connectivity index (χ2n) is 5.27. The van der Waals surface area contributed by atoms with Crippen LogP contribution in [-0.2, 0) is 6.42 Å². The van der Waals surface area contributed by atoms with Crippen LogP contribution in [0, 0.1) is 5.92 Å². The molecule has 1 aromatic rings. The molecule has 0 atom stereocenters. The van der Waals surface area contributed by atoms with Crippen LogP contribution in [0.25, 0.3) is 0 Å². The van der Waals surface area contributed by atoms with Crippen LogP contribution in [0.2, 0.25) is 0 Å². The van der Waals surface area contributed by atoms with Gasteiger partial charge in [0.1, 0.15) is 0 Å². The number of nitrogens with one attached hydrogen (secondary N) is 1. The molecule has 0 aliphatic carbocycles. The minimum Gasteiger partial charge on any atom is -0.359 e. The maximum atomic E-state index is 3.78. The fourth-order valence-corrected chi connectivity index (χ4v) is 1.68. The summed E-state index contributed by atoms with van der Waals surface area (Å²) in [4.78, 5) is 0. The summed E-state index contributed by atoms with van der Waals surface area (Å²) in [5, 5.41) is 3.39. The van der Waals surface area contributed by atoms with Gasteiger partial charge in [0.2, 0.25) is 0 Å². The summed E-state index contributed by atoms with van der Waals surface area (Å²) in [5.74, 6) is 0.767. The van der Waals surface area contributed by atoms with Crippen LogP contribution in [-0.4, -0.2) is 0 Å². The van der Waals surface area contributed by atoms with Crippen molar-refractivity contribution in [3.8, 4) is 0 Å². The Balaban J connectivity index is 2.63. The van der Waals surface area contributed by atoms with E-state index in [1.807, 2.05) is 6.08 Å². The average Bonchev–Trinajstić information content (AvgIpc) is 2.36. The minimum atomic E-state index is 0.767. The predicted octanol–water partition coefficient (Wildman–Crippen LogP) is 5.17. The van der Waals surface area contributed by atoms with Gasteiger partial charge in [-0.05, 0) is 55.9 Å². The van der Waals surface area contributed by atoms with E-state index in [1.165, 1.54) is 24.0 Å². The van der Waals surface area contributed by atoms with E-state index in [4.69, 9.17) is 0 Å². The van der Waals surface area contributed by atoms with E-state index in [1.54, 1.807) is 0 Å². The first-order chi connectivity index (χ1) is 8.52. The molecule has 0 aliphatic heterocycles. The number of anilines is 1. The number of hydrogen-bond donors (Lipinski definition) is 1. The third kappa shape index (κ3) is 4.79. The molecule has 0 spiro atoms. The van der Waals surface area contributed by atoms with Crippen molar-refractivity contribution in [1.29, 1.82) is 0 Å². The fraction of sp³-hybridized carbons (Fsp3) is 0.412. The molecule has 0 aromatic heterocycles. The quantitative estimate of drug-likeness (QED) is 0.680. The number of hydrogen-bond acceptors (Lipinski definition) is 1. The molecule has 1 N–H and O–H groups in total. The lowest BCUT2D eigenvalue weighted by Crippen LogP contribution is -1.98. The SMILES string of the molecule is C=C/C(C)=C(/C)Nc1ccc(CCC(C)C)cc1. The van der Waals surface area contributed by atoms with Gasteiger partial charge in [0.25, 0.3) is 0 Å². The highest BCUT2D eigenvalue weighted by molar-refractivity contribution is 5.50.